The van der Waals surface area contributed by atoms with Crippen molar-refractivity contribution in [2.45, 2.75) is 31.9 Å². The maximum Gasteiger partial charge on any atom is 0.416 e. The molecule has 14 heteroatoms. The summed E-state index contributed by atoms with van der Waals surface area (Å²) in [6.45, 7) is 4.30. The molecular weight excluding hydrogens is 562 g/mol. The molecule has 2 aliphatic heterocycles. The summed E-state index contributed by atoms with van der Waals surface area (Å²) in [4.78, 5) is 8.59. The first-order valence-corrected chi connectivity index (χ1v) is 12.9. The van der Waals surface area contributed by atoms with E-state index >= 15 is 0 Å². The number of benzene rings is 2. The molecular formula is C26H25ClF6N6O. The van der Waals surface area contributed by atoms with Gasteiger partial charge >= 0.3 is 12.4 Å². The van der Waals surface area contributed by atoms with Crippen LogP contribution in [0, 0.1) is 0 Å². The molecule has 0 spiro atoms. The van der Waals surface area contributed by atoms with E-state index in [-0.39, 0.29) is 24.2 Å². The van der Waals surface area contributed by atoms with Gasteiger partial charge in [-0.1, -0.05) is 35.0 Å². The highest BCUT2D eigenvalue weighted by atomic mass is 35.5. The Morgan fingerprint density at radius 1 is 0.950 bits per heavy atom. The van der Waals surface area contributed by atoms with E-state index in [9.17, 15) is 26.3 Å². The SMILES string of the molecule is CC(c1ccccc1Cl)N1CCN=C1c1nnn(Cc2cc(C(F)(F)F)cc(C(F)(F)F)c2)c1N1CCOCC1. The summed E-state index contributed by atoms with van der Waals surface area (Å²) in [6, 6.07) is 8.75. The number of anilines is 1. The molecule has 2 aliphatic rings. The summed E-state index contributed by atoms with van der Waals surface area (Å²) in [5.74, 6) is 0.978. The van der Waals surface area contributed by atoms with E-state index in [0.717, 1.165) is 5.56 Å². The van der Waals surface area contributed by atoms with Crippen molar-refractivity contribution < 1.29 is 31.1 Å². The van der Waals surface area contributed by atoms with Gasteiger partial charge in [0.25, 0.3) is 0 Å². The quantitative estimate of drug-likeness (QED) is 0.348. The number of nitrogens with zero attached hydrogens (tertiary/aromatic N) is 6. The lowest BCUT2D eigenvalue weighted by atomic mass is 10.0. The number of aliphatic imine (C=N–C) groups is 1. The number of ether oxygens (including phenoxy) is 1. The molecule has 5 rings (SSSR count). The minimum atomic E-state index is -4.95. The summed E-state index contributed by atoms with van der Waals surface area (Å²) in [6.07, 6.45) is -9.91. The Balaban J connectivity index is 1.55. The van der Waals surface area contributed by atoms with Gasteiger partial charge < -0.3 is 14.5 Å². The molecule has 1 fully saturated rings. The van der Waals surface area contributed by atoms with Gasteiger partial charge in [0.1, 0.15) is 0 Å². The van der Waals surface area contributed by atoms with Crippen molar-refractivity contribution >= 4 is 23.3 Å². The molecule has 1 saturated heterocycles. The Kier molecular flexibility index (Phi) is 7.71. The normalized spacial score (nSPS) is 17.4. The molecule has 0 amide bonds. The Labute approximate surface area is 231 Å². The molecule has 1 unspecified atom stereocenters. The van der Waals surface area contributed by atoms with E-state index in [1.165, 1.54) is 4.68 Å². The molecule has 2 aromatic carbocycles. The van der Waals surface area contributed by atoms with Crippen LogP contribution in [0.25, 0.3) is 0 Å². The van der Waals surface area contributed by atoms with Crippen LogP contribution in [-0.4, -0.2) is 65.1 Å². The van der Waals surface area contributed by atoms with Gasteiger partial charge in [0, 0.05) is 24.7 Å². The van der Waals surface area contributed by atoms with Gasteiger partial charge in [-0.05, 0) is 42.3 Å². The van der Waals surface area contributed by atoms with E-state index in [1.807, 2.05) is 34.9 Å². The Morgan fingerprint density at radius 2 is 1.60 bits per heavy atom. The molecule has 3 heterocycles. The Bertz CT molecular complexity index is 1370. The van der Waals surface area contributed by atoms with Crippen LogP contribution >= 0.6 is 11.6 Å². The smallest absolute Gasteiger partial charge is 0.378 e. The molecule has 1 atom stereocenters. The predicted molar refractivity (Wildman–Crippen MR) is 137 cm³/mol. The van der Waals surface area contributed by atoms with Crippen molar-refractivity contribution in [2.24, 2.45) is 4.99 Å². The van der Waals surface area contributed by atoms with Crippen LogP contribution in [0.2, 0.25) is 5.02 Å². The average molecular weight is 587 g/mol. The second-order valence-electron chi connectivity index (χ2n) is 9.53. The lowest BCUT2D eigenvalue weighted by molar-refractivity contribution is -0.143. The van der Waals surface area contributed by atoms with E-state index < -0.39 is 23.5 Å². The monoisotopic (exact) mass is 586 g/mol. The van der Waals surface area contributed by atoms with Gasteiger partial charge in [-0.15, -0.1) is 5.10 Å². The highest BCUT2D eigenvalue weighted by Gasteiger charge is 2.38. The molecule has 0 saturated carbocycles. The first-order valence-electron chi connectivity index (χ1n) is 12.5. The fraction of sp³-hybridized carbons (Fsp3) is 0.423. The molecule has 40 heavy (non-hydrogen) atoms. The van der Waals surface area contributed by atoms with Crippen molar-refractivity contribution in [2.75, 3.05) is 44.3 Å². The number of amidine groups is 1. The number of halogens is 7. The predicted octanol–water partition coefficient (Wildman–Crippen LogP) is 5.68. The third-order valence-corrected chi connectivity index (χ3v) is 7.25. The second kappa shape index (κ2) is 10.9. The van der Waals surface area contributed by atoms with Gasteiger partial charge in [0.15, 0.2) is 17.3 Å². The maximum atomic E-state index is 13.5. The Morgan fingerprint density at radius 3 is 2.23 bits per heavy atom. The fourth-order valence-corrected chi connectivity index (χ4v) is 5.25. The molecule has 0 N–H and O–H groups in total. The zero-order chi connectivity index (χ0) is 28.7. The summed E-state index contributed by atoms with van der Waals surface area (Å²) in [5.41, 5.74) is -1.71. The molecule has 214 valence electrons. The van der Waals surface area contributed by atoms with E-state index in [4.69, 9.17) is 16.3 Å². The summed E-state index contributed by atoms with van der Waals surface area (Å²) >= 11 is 6.45. The minimum absolute atomic E-state index is 0.111. The van der Waals surface area contributed by atoms with E-state index in [2.05, 4.69) is 15.3 Å². The van der Waals surface area contributed by atoms with Crippen LogP contribution in [0.15, 0.2) is 47.5 Å². The number of morpholine rings is 1. The first kappa shape index (κ1) is 28.2. The third-order valence-electron chi connectivity index (χ3n) is 6.91. The topological polar surface area (TPSA) is 58.8 Å². The molecule has 0 bridgehead atoms. The second-order valence-corrected chi connectivity index (χ2v) is 9.94. The van der Waals surface area contributed by atoms with Gasteiger partial charge in [-0.3, -0.25) is 4.99 Å². The largest absolute Gasteiger partial charge is 0.416 e. The van der Waals surface area contributed by atoms with Crippen LogP contribution in [0.4, 0.5) is 32.2 Å². The van der Waals surface area contributed by atoms with E-state index in [1.54, 1.807) is 6.07 Å². The highest BCUT2D eigenvalue weighted by molar-refractivity contribution is 6.31. The number of hydrogen-bond donors (Lipinski definition) is 0. The third kappa shape index (κ3) is 5.75. The van der Waals surface area contributed by atoms with Crippen LogP contribution in [0.1, 0.15) is 40.9 Å². The number of rotatable bonds is 6. The maximum absolute atomic E-state index is 13.5. The summed E-state index contributed by atoms with van der Waals surface area (Å²) in [5, 5.41) is 9.11. The average Bonchev–Trinajstić information content (AvgIpc) is 3.55. The van der Waals surface area contributed by atoms with Crippen LogP contribution in [-0.2, 0) is 23.6 Å². The molecule has 0 aliphatic carbocycles. The summed E-state index contributed by atoms with van der Waals surface area (Å²) in [7, 11) is 0. The number of hydrogen-bond acceptors (Lipinski definition) is 6. The number of alkyl halides is 6. The van der Waals surface area contributed by atoms with Gasteiger partial charge in [-0.2, -0.15) is 26.3 Å². The van der Waals surface area contributed by atoms with Gasteiger partial charge in [-0.25, -0.2) is 4.68 Å². The van der Waals surface area contributed by atoms with Crippen molar-refractivity contribution in [3.8, 4) is 0 Å². The van der Waals surface area contributed by atoms with Crippen molar-refractivity contribution in [1.82, 2.24) is 19.9 Å². The highest BCUT2D eigenvalue weighted by Crippen LogP contribution is 2.37. The molecule has 1 aromatic heterocycles. The number of aromatic nitrogens is 3. The molecule has 3 aromatic rings. The first-order chi connectivity index (χ1) is 18.9. The lowest BCUT2D eigenvalue weighted by Gasteiger charge is -2.32. The van der Waals surface area contributed by atoms with Crippen LogP contribution in [0.3, 0.4) is 0 Å². The summed E-state index contributed by atoms with van der Waals surface area (Å²) < 4.78 is 87.7. The van der Waals surface area contributed by atoms with Crippen LogP contribution in [0.5, 0.6) is 0 Å². The van der Waals surface area contributed by atoms with Gasteiger partial charge in [0.2, 0.25) is 0 Å². The lowest BCUT2D eigenvalue weighted by Crippen LogP contribution is -2.39. The molecule has 0 radical (unpaired) electrons. The zero-order valence-corrected chi connectivity index (χ0v) is 22.1. The Hall–Kier alpha value is -3.32. The van der Waals surface area contributed by atoms with Crippen molar-refractivity contribution in [3.63, 3.8) is 0 Å². The minimum Gasteiger partial charge on any atom is -0.378 e. The van der Waals surface area contributed by atoms with Gasteiger partial charge in [0.05, 0.1) is 43.5 Å². The zero-order valence-electron chi connectivity index (χ0n) is 21.3. The fourth-order valence-electron chi connectivity index (χ4n) is 4.96. The molecule has 7 nitrogen and oxygen atoms in total. The standard InChI is InChI=1S/C26H25ClF6N6O/c1-16(20-4-2-3-5-21(20)27)38-7-6-34-23(38)22-24(37-8-10-40-11-9-37)39(36-35-22)15-17-12-18(25(28,29)30)14-19(13-17)26(31,32)33/h2-5,12-14,16H,6-11,15H2,1H3. The van der Waals surface area contributed by atoms with Crippen molar-refractivity contribution in [3.05, 3.63) is 75.4 Å². The van der Waals surface area contributed by atoms with E-state index in [0.29, 0.717) is 73.9 Å². The van der Waals surface area contributed by atoms with Crippen molar-refractivity contribution in [1.29, 1.82) is 0 Å². The van der Waals surface area contributed by atoms with Crippen LogP contribution < -0.4 is 4.90 Å².